The van der Waals surface area contributed by atoms with Crippen molar-refractivity contribution in [3.05, 3.63) is 53.4 Å². The lowest BCUT2D eigenvalue weighted by Gasteiger charge is -2.26. The molecule has 3 aromatic carbocycles. The zero-order valence-corrected chi connectivity index (χ0v) is 21.7. The number of carboxylic acids is 1. The van der Waals surface area contributed by atoms with Crippen LogP contribution in [0, 0.1) is 5.82 Å². The van der Waals surface area contributed by atoms with Crippen molar-refractivity contribution in [1.29, 1.82) is 0 Å². The molecule has 7 rings (SSSR count). The average Bonchev–Trinajstić information content (AvgIpc) is 2.95. The Morgan fingerprint density at radius 2 is 1.90 bits per heavy atom. The van der Waals surface area contributed by atoms with E-state index in [9.17, 15) is 9.90 Å². The maximum atomic E-state index is 15.6. The van der Waals surface area contributed by atoms with Gasteiger partial charge in [0.2, 0.25) is 0 Å². The highest BCUT2D eigenvalue weighted by molar-refractivity contribution is 6.05. The second-order valence-electron chi connectivity index (χ2n) is 10.3. The standard InChI is InChI=1S/C29H29FN6O4/c30-19-11-16-10-17(29(37)38)15-36-23-14-25-22(33-20-3-2-18(31)12-24(20)40-25)13-21(23)34-27(28(16)36)26(19)32-4-1-5-35-6-8-39-9-7-35/h2-3,11-15,32-34H,1,4-10,31H2,(H,37,38). The molecule has 5 aromatic rings. The minimum absolute atomic E-state index is 0.120. The maximum Gasteiger partial charge on any atom is 0.333 e. The van der Waals surface area contributed by atoms with E-state index in [0.717, 1.165) is 55.8 Å². The average molecular weight is 545 g/mol. The van der Waals surface area contributed by atoms with Crippen LogP contribution in [-0.2, 0) is 16.0 Å². The molecule has 40 heavy (non-hydrogen) atoms. The third-order valence-electron chi connectivity index (χ3n) is 7.68. The summed E-state index contributed by atoms with van der Waals surface area (Å²) in [7, 11) is 0. The molecule has 2 aliphatic rings. The highest BCUT2D eigenvalue weighted by atomic mass is 19.1. The van der Waals surface area contributed by atoms with Crippen LogP contribution in [0.5, 0.6) is 0 Å². The summed E-state index contributed by atoms with van der Waals surface area (Å²) in [6.07, 6.45) is 2.58. The number of carbonyl (C=O) groups is 1. The number of hydrogen-bond donors (Lipinski definition) is 5. The van der Waals surface area contributed by atoms with Crippen molar-refractivity contribution in [3.8, 4) is 0 Å². The summed E-state index contributed by atoms with van der Waals surface area (Å²) in [6.45, 7) is 4.78. The number of aromatic amines is 2. The van der Waals surface area contributed by atoms with E-state index in [0.29, 0.717) is 51.2 Å². The first kappa shape index (κ1) is 24.6. The molecule has 0 bridgehead atoms. The van der Waals surface area contributed by atoms with E-state index in [1.165, 1.54) is 6.07 Å². The lowest BCUT2D eigenvalue weighted by Crippen LogP contribution is -2.37. The summed E-state index contributed by atoms with van der Waals surface area (Å²) in [5.74, 6) is -1.47. The van der Waals surface area contributed by atoms with Gasteiger partial charge in [-0.15, -0.1) is 0 Å². The van der Waals surface area contributed by atoms with Gasteiger partial charge in [-0.1, -0.05) is 0 Å². The van der Waals surface area contributed by atoms with Crippen LogP contribution >= 0.6 is 0 Å². The van der Waals surface area contributed by atoms with Gasteiger partial charge < -0.3 is 39.8 Å². The van der Waals surface area contributed by atoms with Crippen molar-refractivity contribution in [2.24, 2.45) is 0 Å². The summed E-state index contributed by atoms with van der Waals surface area (Å²) in [5, 5.41) is 13.2. The summed E-state index contributed by atoms with van der Waals surface area (Å²) < 4.78 is 29.0. The number of fused-ring (bicyclic) bond motifs is 4. The molecule has 10 nitrogen and oxygen atoms in total. The third-order valence-corrected chi connectivity index (χ3v) is 7.68. The molecule has 0 saturated carbocycles. The zero-order valence-electron chi connectivity index (χ0n) is 21.7. The first-order valence-electron chi connectivity index (χ1n) is 13.4. The van der Waals surface area contributed by atoms with Crippen LogP contribution in [0.15, 0.2) is 46.4 Å². The number of nitrogens with two attached hydrogens (primary N) is 1. The topological polar surface area (TPSA) is 137 Å². The van der Waals surface area contributed by atoms with Gasteiger partial charge in [-0.3, -0.25) is 4.90 Å². The Bertz CT molecular complexity index is 1890. The number of rotatable bonds is 6. The maximum absolute atomic E-state index is 15.6. The molecule has 0 amide bonds. The predicted octanol–water partition coefficient (Wildman–Crippen LogP) is 4.81. The van der Waals surface area contributed by atoms with Gasteiger partial charge in [0.1, 0.15) is 5.82 Å². The van der Waals surface area contributed by atoms with E-state index in [1.54, 1.807) is 18.3 Å². The normalized spacial score (nSPS) is 15.7. The van der Waals surface area contributed by atoms with E-state index in [1.807, 2.05) is 22.8 Å². The van der Waals surface area contributed by atoms with Crippen LogP contribution in [0.3, 0.4) is 0 Å². The van der Waals surface area contributed by atoms with Gasteiger partial charge in [0, 0.05) is 50.1 Å². The van der Waals surface area contributed by atoms with Gasteiger partial charge in [0.25, 0.3) is 0 Å². The highest BCUT2D eigenvalue weighted by Gasteiger charge is 2.24. The molecule has 6 N–H and O–H groups in total. The molecular weight excluding hydrogens is 515 g/mol. The molecule has 0 spiro atoms. The molecule has 1 saturated heterocycles. The van der Waals surface area contributed by atoms with Crippen molar-refractivity contribution < 1.29 is 23.4 Å². The number of nitrogens with zero attached hydrogens (tertiary/aromatic N) is 2. The number of H-pyrrole nitrogens is 2. The first-order valence-corrected chi connectivity index (χ1v) is 13.4. The Kier molecular flexibility index (Phi) is 5.90. The fourth-order valence-corrected chi connectivity index (χ4v) is 5.70. The van der Waals surface area contributed by atoms with E-state index >= 15 is 4.39 Å². The van der Waals surface area contributed by atoms with Crippen molar-refractivity contribution in [2.75, 3.05) is 50.4 Å². The van der Waals surface area contributed by atoms with E-state index < -0.39 is 11.8 Å². The molecule has 2 aliphatic heterocycles. The Hall–Kier alpha value is -4.48. The summed E-state index contributed by atoms with van der Waals surface area (Å²) in [4.78, 5) is 21.2. The van der Waals surface area contributed by atoms with Crippen LogP contribution in [0.25, 0.3) is 50.5 Å². The molecule has 4 heterocycles. The number of anilines is 2. The number of carboxylic acid groups (broad SMARTS) is 1. The number of nitrogens with one attached hydrogen (secondary N) is 3. The smallest absolute Gasteiger partial charge is 0.333 e. The van der Waals surface area contributed by atoms with Crippen LogP contribution in [0.1, 0.15) is 12.0 Å². The number of nitrogen functional groups attached to an aromatic ring is 1. The van der Waals surface area contributed by atoms with Crippen molar-refractivity contribution in [3.63, 3.8) is 0 Å². The quantitative estimate of drug-likeness (QED) is 0.118. The van der Waals surface area contributed by atoms with Crippen LogP contribution in [-0.4, -0.2) is 69.9 Å². The number of ether oxygens (including phenoxy) is 1. The number of halogens is 1. The summed E-state index contributed by atoms with van der Waals surface area (Å²) in [5.41, 5.74) is 13.0. The molecule has 1 fully saturated rings. The second-order valence-corrected chi connectivity index (χ2v) is 10.3. The number of morpholine rings is 1. The number of benzene rings is 3. The molecule has 2 aromatic heterocycles. The largest absolute Gasteiger partial charge is 0.478 e. The Labute approximate surface area is 227 Å². The highest BCUT2D eigenvalue weighted by Crippen LogP contribution is 2.37. The van der Waals surface area contributed by atoms with Gasteiger partial charge in [0.05, 0.1) is 57.6 Å². The van der Waals surface area contributed by atoms with Crippen LogP contribution in [0.2, 0.25) is 0 Å². The second kappa shape index (κ2) is 9.61. The van der Waals surface area contributed by atoms with Gasteiger partial charge in [-0.05, 0) is 42.8 Å². The first-order chi connectivity index (χ1) is 19.4. The molecule has 206 valence electrons. The van der Waals surface area contributed by atoms with E-state index in [2.05, 4.69) is 20.2 Å². The van der Waals surface area contributed by atoms with Crippen LogP contribution < -0.4 is 11.1 Å². The van der Waals surface area contributed by atoms with Crippen molar-refractivity contribution >= 4 is 67.8 Å². The van der Waals surface area contributed by atoms with E-state index in [4.69, 9.17) is 14.9 Å². The monoisotopic (exact) mass is 544 g/mol. The molecule has 0 radical (unpaired) electrons. The molecular formula is C29H29FN6O4. The van der Waals surface area contributed by atoms with Gasteiger partial charge in [-0.2, -0.15) is 0 Å². The third kappa shape index (κ3) is 4.23. The Morgan fingerprint density at radius 1 is 1.07 bits per heavy atom. The Morgan fingerprint density at radius 3 is 2.73 bits per heavy atom. The molecule has 0 aliphatic carbocycles. The zero-order chi connectivity index (χ0) is 27.4. The minimum atomic E-state index is -1.04. The Balaban J connectivity index is 1.38. The van der Waals surface area contributed by atoms with Gasteiger partial charge >= 0.3 is 5.97 Å². The number of aliphatic carboxylic acids is 1. The van der Waals surface area contributed by atoms with Crippen molar-refractivity contribution in [2.45, 2.75) is 12.8 Å². The van der Waals surface area contributed by atoms with Crippen molar-refractivity contribution in [1.82, 2.24) is 19.4 Å². The molecule has 0 unspecified atom stereocenters. The molecule has 11 heteroatoms. The van der Waals surface area contributed by atoms with E-state index in [-0.39, 0.29) is 12.0 Å². The molecule has 0 atom stereocenters. The summed E-state index contributed by atoms with van der Waals surface area (Å²) >= 11 is 0. The van der Waals surface area contributed by atoms with Crippen LogP contribution in [0.4, 0.5) is 15.8 Å². The lowest BCUT2D eigenvalue weighted by molar-refractivity contribution is -0.132. The fraction of sp³-hybridized carbons (Fsp3) is 0.276. The predicted molar refractivity (Wildman–Crippen MR) is 153 cm³/mol. The lowest BCUT2D eigenvalue weighted by atomic mass is 9.99. The number of aromatic nitrogens is 3. The minimum Gasteiger partial charge on any atom is -0.478 e. The fourth-order valence-electron chi connectivity index (χ4n) is 5.70. The van der Waals surface area contributed by atoms with Gasteiger partial charge in [0.15, 0.2) is 11.2 Å². The van der Waals surface area contributed by atoms with Gasteiger partial charge in [-0.25, -0.2) is 9.18 Å². The number of hydrogen-bond acceptors (Lipinski definition) is 6. The SMILES string of the molecule is Nc1ccc2[nH]c3cc4[nH]c5c(NCCCN6CCOCC6)c(F)cc6c5n(c4cc3oc2c1)C=C(C(=O)O)C6. The summed E-state index contributed by atoms with van der Waals surface area (Å²) in [6, 6.07) is 10.6.